The molecule has 0 bridgehead atoms. The van der Waals surface area contributed by atoms with E-state index in [1.165, 1.54) is 6.42 Å². The summed E-state index contributed by atoms with van der Waals surface area (Å²) in [6.45, 7) is 13.7. The molecule has 1 aromatic rings. The highest BCUT2D eigenvalue weighted by Gasteiger charge is 2.48. The number of ketones is 1. The third kappa shape index (κ3) is 6.40. The normalized spacial score (nSPS) is 24.0. The minimum atomic E-state index is -1.96. The van der Waals surface area contributed by atoms with Crippen LogP contribution in [0.5, 0.6) is 0 Å². The number of carbonyl (C=O) groups excluding carboxylic acids is 1. The van der Waals surface area contributed by atoms with Gasteiger partial charge in [0.1, 0.15) is 5.78 Å². The summed E-state index contributed by atoms with van der Waals surface area (Å²) >= 11 is 0. The van der Waals surface area contributed by atoms with Crippen molar-refractivity contribution in [3.8, 4) is 11.8 Å². The largest absolute Gasteiger partial charge is 0.410 e. The molecule has 184 valence electrons. The molecule has 3 heteroatoms. The molecule has 1 unspecified atom stereocenters. The van der Waals surface area contributed by atoms with E-state index in [1.54, 1.807) is 0 Å². The Morgan fingerprint density at radius 2 is 1.76 bits per heavy atom. The van der Waals surface area contributed by atoms with Crippen LogP contribution < -0.4 is 0 Å². The van der Waals surface area contributed by atoms with Crippen molar-refractivity contribution in [2.45, 2.75) is 103 Å². The molecule has 2 aliphatic carbocycles. The van der Waals surface area contributed by atoms with Crippen molar-refractivity contribution in [3.63, 3.8) is 0 Å². The van der Waals surface area contributed by atoms with Crippen molar-refractivity contribution in [2.75, 3.05) is 0 Å². The standard InChI is InChI=1S/C31H44O2Si/c1-29(2,3)34(5,6)33-28(20-11-13-22-30(4)21-12-10-19-27(30)32)31(24-15-25-31)23-14-18-26-16-8-7-9-17-26/h7-9,11,13,16-17,20,22,28H,10,12,15,19,21,23-25H2,1-6H3/b20-11+,22-13+/t28?,30-/m0/s1. The van der Waals surface area contributed by atoms with Gasteiger partial charge in [-0.1, -0.05) is 88.0 Å². The fourth-order valence-corrected chi connectivity index (χ4v) is 6.03. The van der Waals surface area contributed by atoms with E-state index >= 15 is 0 Å². The molecule has 0 heterocycles. The maximum absolute atomic E-state index is 12.5. The third-order valence-electron chi connectivity index (χ3n) is 8.48. The van der Waals surface area contributed by atoms with Gasteiger partial charge in [-0.3, -0.25) is 4.79 Å². The van der Waals surface area contributed by atoms with Crippen LogP contribution in [0.3, 0.4) is 0 Å². The highest BCUT2D eigenvalue weighted by molar-refractivity contribution is 6.74. The van der Waals surface area contributed by atoms with Crippen LogP contribution in [0.25, 0.3) is 0 Å². The highest BCUT2D eigenvalue weighted by Crippen LogP contribution is 2.50. The average molecular weight is 477 g/mol. The quantitative estimate of drug-likeness (QED) is 0.225. The second-order valence-corrected chi connectivity index (χ2v) is 16.9. The Morgan fingerprint density at radius 1 is 1.06 bits per heavy atom. The molecule has 0 amide bonds. The van der Waals surface area contributed by atoms with E-state index in [-0.39, 0.29) is 22.0 Å². The van der Waals surface area contributed by atoms with Crippen LogP contribution in [0.4, 0.5) is 0 Å². The molecule has 2 nitrogen and oxygen atoms in total. The van der Waals surface area contributed by atoms with Crippen LogP contribution in [0.2, 0.25) is 18.1 Å². The van der Waals surface area contributed by atoms with Crippen molar-refractivity contribution < 1.29 is 9.22 Å². The minimum absolute atomic E-state index is 0.0479. The molecule has 0 radical (unpaired) electrons. The van der Waals surface area contributed by atoms with Crippen LogP contribution in [-0.2, 0) is 9.22 Å². The molecule has 0 aliphatic heterocycles. The second kappa shape index (κ2) is 10.8. The lowest BCUT2D eigenvalue weighted by atomic mass is 9.63. The molecule has 0 spiro atoms. The predicted octanol–water partition coefficient (Wildman–Crippen LogP) is 8.25. The number of rotatable bonds is 7. The smallest absolute Gasteiger partial charge is 0.192 e. The highest BCUT2D eigenvalue weighted by atomic mass is 28.4. The lowest BCUT2D eigenvalue weighted by Crippen LogP contribution is -2.50. The molecular formula is C31H44O2Si. The average Bonchev–Trinajstić information content (AvgIpc) is 2.74. The molecule has 2 atom stereocenters. The van der Waals surface area contributed by atoms with Crippen LogP contribution in [0.1, 0.15) is 84.6 Å². The second-order valence-electron chi connectivity index (χ2n) is 12.2. The van der Waals surface area contributed by atoms with Gasteiger partial charge in [0, 0.05) is 29.2 Å². The van der Waals surface area contributed by atoms with E-state index in [9.17, 15) is 4.79 Å². The van der Waals surface area contributed by atoms with Gasteiger partial charge in [0.25, 0.3) is 0 Å². The summed E-state index contributed by atoms with van der Waals surface area (Å²) in [6.07, 6.45) is 16.9. The Morgan fingerprint density at radius 3 is 2.35 bits per heavy atom. The van der Waals surface area contributed by atoms with Crippen molar-refractivity contribution in [2.24, 2.45) is 10.8 Å². The SMILES string of the molecule is CC(C)(C)[Si](C)(C)OC(/C=C/C=C/[C@]1(C)CCCCC1=O)C1(CC#Cc2ccccc2)CCC1. The summed E-state index contributed by atoms with van der Waals surface area (Å²) in [6, 6.07) is 10.3. The molecule has 3 rings (SSSR count). The van der Waals surface area contributed by atoms with Gasteiger partial charge in [-0.15, -0.1) is 0 Å². The van der Waals surface area contributed by atoms with E-state index < -0.39 is 8.32 Å². The third-order valence-corrected chi connectivity index (χ3v) is 12.9. The van der Waals surface area contributed by atoms with Gasteiger partial charge < -0.3 is 4.43 Å². The maximum atomic E-state index is 12.5. The van der Waals surface area contributed by atoms with Crippen molar-refractivity contribution in [3.05, 3.63) is 60.2 Å². The summed E-state index contributed by atoms with van der Waals surface area (Å²) in [4.78, 5) is 12.5. The van der Waals surface area contributed by atoms with Gasteiger partial charge >= 0.3 is 0 Å². The first kappa shape index (κ1) is 26.7. The number of allylic oxidation sites excluding steroid dienone is 3. The van der Waals surface area contributed by atoms with Crippen LogP contribution in [0.15, 0.2) is 54.6 Å². The zero-order chi connectivity index (χ0) is 24.9. The molecule has 0 N–H and O–H groups in total. The first-order valence-corrected chi connectivity index (χ1v) is 16.0. The number of hydrogen-bond donors (Lipinski definition) is 0. The van der Waals surface area contributed by atoms with Crippen molar-refractivity contribution in [1.82, 2.24) is 0 Å². The Hall–Kier alpha value is -1.89. The van der Waals surface area contributed by atoms with Gasteiger partial charge in [0.2, 0.25) is 0 Å². The molecule has 34 heavy (non-hydrogen) atoms. The number of benzene rings is 1. The van der Waals surface area contributed by atoms with Gasteiger partial charge in [0.15, 0.2) is 8.32 Å². The Kier molecular flexibility index (Phi) is 8.48. The summed E-state index contributed by atoms with van der Waals surface area (Å²) < 4.78 is 7.03. The van der Waals surface area contributed by atoms with E-state index in [1.807, 2.05) is 18.2 Å². The van der Waals surface area contributed by atoms with Crippen LogP contribution >= 0.6 is 0 Å². The number of Topliss-reactive ketones (excluding diaryl/α,β-unsaturated/α-hetero) is 1. The summed E-state index contributed by atoms with van der Waals surface area (Å²) in [5.41, 5.74) is 0.836. The summed E-state index contributed by atoms with van der Waals surface area (Å²) in [5, 5.41) is 0.150. The number of carbonyl (C=O) groups is 1. The summed E-state index contributed by atoms with van der Waals surface area (Å²) in [7, 11) is -1.96. The zero-order valence-electron chi connectivity index (χ0n) is 22.2. The number of hydrogen-bond acceptors (Lipinski definition) is 2. The summed E-state index contributed by atoms with van der Waals surface area (Å²) in [5.74, 6) is 7.24. The first-order chi connectivity index (χ1) is 16.0. The fourth-order valence-electron chi connectivity index (χ4n) is 4.71. The van der Waals surface area contributed by atoms with E-state index in [2.05, 4.69) is 89.1 Å². The molecule has 2 aliphatic rings. The van der Waals surface area contributed by atoms with E-state index in [0.29, 0.717) is 12.2 Å². The lowest BCUT2D eigenvalue weighted by molar-refractivity contribution is -0.127. The molecule has 2 saturated carbocycles. The minimum Gasteiger partial charge on any atom is -0.410 e. The Balaban J connectivity index is 1.82. The van der Waals surface area contributed by atoms with Crippen LogP contribution in [-0.4, -0.2) is 20.2 Å². The maximum Gasteiger partial charge on any atom is 0.192 e. The van der Waals surface area contributed by atoms with Crippen molar-refractivity contribution >= 4 is 14.1 Å². The van der Waals surface area contributed by atoms with Gasteiger partial charge in [-0.05, 0) is 62.9 Å². The first-order valence-electron chi connectivity index (χ1n) is 13.1. The topological polar surface area (TPSA) is 26.3 Å². The van der Waals surface area contributed by atoms with Crippen LogP contribution in [0, 0.1) is 22.7 Å². The molecule has 2 fully saturated rings. The monoisotopic (exact) mass is 476 g/mol. The fraction of sp³-hybridized carbons (Fsp3) is 0.581. The van der Waals surface area contributed by atoms with Crippen molar-refractivity contribution in [1.29, 1.82) is 0 Å². The van der Waals surface area contributed by atoms with Gasteiger partial charge in [0.05, 0.1) is 6.10 Å². The predicted molar refractivity (Wildman–Crippen MR) is 146 cm³/mol. The van der Waals surface area contributed by atoms with E-state index in [4.69, 9.17) is 4.43 Å². The van der Waals surface area contributed by atoms with Gasteiger partial charge in [-0.25, -0.2) is 0 Å². The molecular weight excluding hydrogens is 432 g/mol. The molecule has 0 aromatic heterocycles. The Labute approximate surface area is 209 Å². The molecule has 1 aromatic carbocycles. The zero-order valence-corrected chi connectivity index (χ0v) is 23.2. The lowest BCUT2D eigenvalue weighted by Gasteiger charge is -2.50. The molecule has 0 saturated heterocycles. The Bertz CT molecular complexity index is 951. The van der Waals surface area contributed by atoms with E-state index in [0.717, 1.165) is 44.1 Å². The van der Waals surface area contributed by atoms with Gasteiger partial charge in [-0.2, -0.15) is 0 Å².